The van der Waals surface area contributed by atoms with Crippen LogP contribution < -0.4 is 16.4 Å². The van der Waals surface area contributed by atoms with Crippen molar-refractivity contribution in [3.63, 3.8) is 0 Å². The number of rotatable bonds is 3. The number of nitrogens with one attached hydrogen (secondary N) is 2. The van der Waals surface area contributed by atoms with Crippen molar-refractivity contribution in [2.24, 2.45) is 0 Å². The van der Waals surface area contributed by atoms with Crippen LogP contribution in [0.1, 0.15) is 11.1 Å². The van der Waals surface area contributed by atoms with E-state index in [-0.39, 0.29) is 6.03 Å². The largest absolute Gasteiger partial charge is 0.398 e. The number of anilines is 2. The molecule has 0 aliphatic rings. The SMILES string of the molecule is Cc1ccc(NC(=O)NCc2ccccc2)cc1N. The van der Waals surface area contributed by atoms with Gasteiger partial charge in [0.15, 0.2) is 0 Å². The van der Waals surface area contributed by atoms with Gasteiger partial charge in [-0.15, -0.1) is 0 Å². The summed E-state index contributed by atoms with van der Waals surface area (Å²) in [6.07, 6.45) is 0. The first kappa shape index (κ1) is 13.0. The van der Waals surface area contributed by atoms with E-state index in [4.69, 9.17) is 5.73 Å². The highest BCUT2D eigenvalue weighted by molar-refractivity contribution is 5.89. The van der Waals surface area contributed by atoms with Gasteiger partial charge >= 0.3 is 6.03 Å². The Hall–Kier alpha value is -2.49. The molecule has 0 bridgehead atoms. The molecule has 4 nitrogen and oxygen atoms in total. The van der Waals surface area contributed by atoms with Crippen LogP contribution >= 0.6 is 0 Å². The Morgan fingerprint density at radius 2 is 1.89 bits per heavy atom. The van der Waals surface area contributed by atoms with Gasteiger partial charge in [-0.05, 0) is 30.2 Å². The smallest absolute Gasteiger partial charge is 0.319 e. The van der Waals surface area contributed by atoms with Crippen LogP contribution in [-0.2, 0) is 6.54 Å². The molecule has 0 spiro atoms. The van der Waals surface area contributed by atoms with Crippen LogP contribution in [0, 0.1) is 6.92 Å². The second kappa shape index (κ2) is 5.91. The monoisotopic (exact) mass is 255 g/mol. The molecule has 2 amide bonds. The van der Waals surface area contributed by atoms with Gasteiger partial charge in [0, 0.05) is 17.9 Å². The quantitative estimate of drug-likeness (QED) is 0.738. The standard InChI is InChI=1S/C15H17N3O/c1-11-7-8-13(9-14(11)16)18-15(19)17-10-12-5-3-2-4-6-12/h2-9H,10,16H2,1H3,(H2,17,18,19). The molecule has 0 saturated carbocycles. The maximum Gasteiger partial charge on any atom is 0.319 e. The molecule has 2 rings (SSSR count). The third-order valence-corrected chi connectivity index (χ3v) is 2.83. The Balaban J connectivity index is 1.89. The maximum atomic E-state index is 11.7. The van der Waals surface area contributed by atoms with Crippen LogP contribution in [-0.4, -0.2) is 6.03 Å². The van der Waals surface area contributed by atoms with E-state index in [2.05, 4.69) is 10.6 Å². The molecule has 98 valence electrons. The molecule has 0 heterocycles. The fraction of sp³-hybridized carbons (Fsp3) is 0.133. The molecular formula is C15H17N3O. The molecule has 0 atom stereocenters. The number of carbonyl (C=O) groups excluding carboxylic acids is 1. The molecule has 0 unspecified atom stereocenters. The highest BCUT2D eigenvalue weighted by atomic mass is 16.2. The minimum atomic E-state index is -0.243. The zero-order valence-corrected chi connectivity index (χ0v) is 10.8. The van der Waals surface area contributed by atoms with Crippen LogP contribution in [0.2, 0.25) is 0 Å². The first-order chi connectivity index (χ1) is 9.15. The van der Waals surface area contributed by atoms with Crippen molar-refractivity contribution in [1.29, 1.82) is 0 Å². The minimum absolute atomic E-state index is 0.243. The summed E-state index contributed by atoms with van der Waals surface area (Å²) < 4.78 is 0. The topological polar surface area (TPSA) is 67.2 Å². The predicted octanol–water partition coefficient (Wildman–Crippen LogP) is 2.90. The first-order valence-corrected chi connectivity index (χ1v) is 6.10. The lowest BCUT2D eigenvalue weighted by molar-refractivity contribution is 0.251. The maximum absolute atomic E-state index is 11.7. The number of nitrogens with two attached hydrogens (primary N) is 1. The average Bonchev–Trinajstić information content (AvgIpc) is 2.42. The lowest BCUT2D eigenvalue weighted by Crippen LogP contribution is -2.28. The number of carbonyl (C=O) groups is 1. The van der Waals surface area contributed by atoms with E-state index in [1.54, 1.807) is 6.07 Å². The van der Waals surface area contributed by atoms with E-state index in [9.17, 15) is 4.79 Å². The van der Waals surface area contributed by atoms with Crippen molar-refractivity contribution in [2.45, 2.75) is 13.5 Å². The Kier molecular flexibility index (Phi) is 4.03. The molecule has 0 fully saturated rings. The number of amides is 2. The van der Waals surface area contributed by atoms with Crippen LogP contribution in [0.25, 0.3) is 0 Å². The van der Waals surface area contributed by atoms with Gasteiger partial charge in [-0.1, -0.05) is 36.4 Å². The van der Waals surface area contributed by atoms with Crippen molar-refractivity contribution in [3.05, 3.63) is 59.7 Å². The van der Waals surface area contributed by atoms with Gasteiger partial charge in [0.1, 0.15) is 0 Å². The Bertz CT molecular complexity index is 567. The van der Waals surface area contributed by atoms with Gasteiger partial charge in [0.25, 0.3) is 0 Å². The first-order valence-electron chi connectivity index (χ1n) is 6.10. The Labute approximate surface area is 112 Å². The summed E-state index contributed by atoms with van der Waals surface area (Å²) >= 11 is 0. The van der Waals surface area contributed by atoms with E-state index < -0.39 is 0 Å². The molecule has 0 aliphatic carbocycles. The van der Waals surface area contributed by atoms with Gasteiger partial charge in [-0.25, -0.2) is 4.79 Å². The third kappa shape index (κ3) is 3.74. The summed E-state index contributed by atoms with van der Waals surface area (Å²) in [4.78, 5) is 11.7. The zero-order valence-electron chi connectivity index (χ0n) is 10.8. The molecule has 2 aromatic rings. The number of nitrogen functional groups attached to an aromatic ring is 1. The van der Waals surface area contributed by atoms with Gasteiger partial charge in [0.2, 0.25) is 0 Å². The summed E-state index contributed by atoms with van der Waals surface area (Å²) in [5.74, 6) is 0. The fourth-order valence-electron chi connectivity index (χ4n) is 1.67. The Morgan fingerprint density at radius 3 is 2.58 bits per heavy atom. The van der Waals surface area contributed by atoms with Gasteiger partial charge < -0.3 is 16.4 Å². The second-order valence-corrected chi connectivity index (χ2v) is 4.36. The number of hydrogen-bond acceptors (Lipinski definition) is 2. The zero-order chi connectivity index (χ0) is 13.7. The summed E-state index contributed by atoms with van der Waals surface area (Å²) in [5.41, 5.74) is 9.20. The third-order valence-electron chi connectivity index (χ3n) is 2.83. The number of hydrogen-bond donors (Lipinski definition) is 3. The van der Waals surface area contributed by atoms with Crippen molar-refractivity contribution in [2.75, 3.05) is 11.1 Å². The van der Waals surface area contributed by atoms with Crippen molar-refractivity contribution in [3.8, 4) is 0 Å². The molecule has 0 radical (unpaired) electrons. The molecule has 19 heavy (non-hydrogen) atoms. The summed E-state index contributed by atoms with van der Waals surface area (Å²) in [7, 11) is 0. The highest BCUT2D eigenvalue weighted by Gasteiger charge is 2.02. The molecule has 2 aromatic carbocycles. The molecule has 0 saturated heterocycles. The van der Waals surface area contributed by atoms with Crippen molar-refractivity contribution in [1.82, 2.24) is 5.32 Å². The number of urea groups is 1. The minimum Gasteiger partial charge on any atom is -0.398 e. The number of benzene rings is 2. The molecule has 4 N–H and O–H groups in total. The normalized spacial score (nSPS) is 9.95. The average molecular weight is 255 g/mol. The van der Waals surface area contributed by atoms with Crippen LogP contribution in [0.15, 0.2) is 48.5 Å². The molecular weight excluding hydrogens is 238 g/mol. The van der Waals surface area contributed by atoms with Gasteiger partial charge in [-0.3, -0.25) is 0 Å². The van der Waals surface area contributed by atoms with Gasteiger partial charge in [0.05, 0.1) is 0 Å². The molecule has 0 aromatic heterocycles. The van der Waals surface area contributed by atoms with Crippen LogP contribution in [0.4, 0.5) is 16.2 Å². The summed E-state index contributed by atoms with van der Waals surface area (Å²) in [6, 6.07) is 15.0. The molecule has 0 aliphatic heterocycles. The lowest BCUT2D eigenvalue weighted by Gasteiger charge is -2.09. The van der Waals surface area contributed by atoms with Crippen molar-refractivity contribution < 1.29 is 4.79 Å². The van der Waals surface area contributed by atoms with Crippen LogP contribution in [0.5, 0.6) is 0 Å². The van der Waals surface area contributed by atoms with E-state index in [1.165, 1.54) is 0 Å². The lowest BCUT2D eigenvalue weighted by atomic mass is 10.2. The van der Waals surface area contributed by atoms with E-state index in [0.717, 1.165) is 11.1 Å². The van der Waals surface area contributed by atoms with Gasteiger partial charge in [-0.2, -0.15) is 0 Å². The number of aryl methyl sites for hydroxylation is 1. The van der Waals surface area contributed by atoms with Crippen LogP contribution in [0.3, 0.4) is 0 Å². The van der Waals surface area contributed by atoms with Crippen molar-refractivity contribution >= 4 is 17.4 Å². The fourth-order valence-corrected chi connectivity index (χ4v) is 1.67. The predicted molar refractivity (Wildman–Crippen MR) is 77.9 cm³/mol. The second-order valence-electron chi connectivity index (χ2n) is 4.36. The van der Waals surface area contributed by atoms with E-state index >= 15 is 0 Å². The highest BCUT2D eigenvalue weighted by Crippen LogP contribution is 2.16. The van der Waals surface area contributed by atoms with E-state index in [0.29, 0.717) is 17.9 Å². The van der Waals surface area contributed by atoms with E-state index in [1.807, 2.05) is 49.4 Å². The summed E-state index contributed by atoms with van der Waals surface area (Å²) in [6.45, 7) is 2.42. The summed E-state index contributed by atoms with van der Waals surface area (Å²) in [5, 5.41) is 5.54. The Morgan fingerprint density at radius 1 is 1.16 bits per heavy atom. The molecule has 4 heteroatoms.